The van der Waals surface area contributed by atoms with E-state index in [0.717, 1.165) is 0 Å². The van der Waals surface area contributed by atoms with E-state index in [1.807, 2.05) is 0 Å². The Kier molecular flexibility index (Phi) is 3.26. The maximum Gasteiger partial charge on any atom is 0.140 e. The molecule has 0 saturated heterocycles. The Balaban J connectivity index is 3.01. The van der Waals surface area contributed by atoms with Crippen LogP contribution in [0.5, 0.6) is 0 Å². The summed E-state index contributed by atoms with van der Waals surface area (Å²) in [6.07, 6.45) is 0.0182. The van der Waals surface area contributed by atoms with Crippen molar-refractivity contribution in [3.63, 3.8) is 0 Å². The number of alkyl halides is 1. The molecular weight excluding hydrogens is 202 g/mol. The zero-order valence-corrected chi connectivity index (χ0v) is 7.61. The number of nitrogens with zero attached hydrogens (tertiary/aromatic N) is 1. The number of hydrogen-bond donors (Lipinski definition) is 1. The van der Waals surface area contributed by atoms with Gasteiger partial charge in [0.25, 0.3) is 0 Å². The fraction of sp³-hybridized carbons (Fsp3) is 0.286. The third-order valence-electron chi connectivity index (χ3n) is 1.39. The summed E-state index contributed by atoms with van der Waals surface area (Å²) in [5.41, 5.74) is 5.40. The van der Waals surface area contributed by atoms with Gasteiger partial charge in [-0.15, -0.1) is 0 Å². The van der Waals surface area contributed by atoms with Gasteiger partial charge in [-0.1, -0.05) is 23.2 Å². The van der Waals surface area contributed by atoms with E-state index in [1.54, 1.807) is 0 Å². The van der Waals surface area contributed by atoms with Crippen molar-refractivity contribution < 1.29 is 4.39 Å². The van der Waals surface area contributed by atoms with Crippen LogP contribution in [-0.4, -0.2) is 11.5 Å². The van der Waals surface area contributed by atoms with Crippen LogP contribution in [0.25, 0.3) is 0 Å². The minimum atomic E-state index is -1.28. The van der Waals surface area contributed by atoms with Gasteiger partial charge in [0.1, 0.15) is 11.3 Å². The maximum absolute atomic E-state index is 13.0. The molecule has 1 heterocycles. The van der Waals surface area contributed by atoms with E-state index in [-0.39, 0.29) is 22.3 Å². The molecule has 0 radical (unpaired) electrons. The van der Waals surface area contributed by atoms with Crippen molar-refractivity contribution in [2.45, 2.75) is 6.17 Å². The molecule has 0 aromatic carbocycles. The summed E-state index contributed by atoms with van der Waals surface area (Å²) >= 11 is 11.2. The highest BCUT2D eigenvalue weighted by atomic mass is 35.5. The molecule has 0 fully saturated rings. The van der Waals surface area contributed by atoms with Gasteiger partial charge < -0.3 is 5.73 Å². The second-order valence-corrected chi connectivity index (χ2v) is 3.03. The van der Waals surface area contributed by atoms with E-state index in [4.69, 9.17) is 28.9 Å². The van der Waals surface area contributed by atoms with Gasteiger partial charge in [-0.05, 0) is 6.07 Å². The van der Waals surface area contributed by atoms with E-state index in [9.17, 15) is 4.39 Å². The Morgan fingerprint density at radius 2 is 2.25 bits per heavy atom. The average molecular weight is 209 g/mol. The molecule has 0 aliphatic carbocycles. The molecule has 0 aliphatic rings. The van der Waals surface area contributed by atoms with Gasteiger partial charge in [-0.2, -0.15) is 0 Å². The fourth-order valence-corrected chi connectivity index (χ4v) is 1.26. The van der Waals surface area contributed by atoms with Gasteiger partial charge in [-0.3, -0.25) is 0 Å². The highest BCUT2D eigenvalue weighted by molar-refractivity contribution is 6.34. The van der Waals surface area contributed by atoms with Crippen LogP contribution >= 0.6 is 23.2 Å². The average Bonchev–Trinajstić information content (AvgIpc) is 2.03. The zero-order valence-electron chi connectivity index (χ0n) is 6.10. The monoisotopic (exact) mass is 208 g/mol. The summed E-state index contributed by atoms with van der Waals surface area (Å²) < 4.78 is 13.0. The normalized spacial score (nSPS) is 13.0. The lowest BCUT2D eigenvalue weighted by atomic mass is 10.2. The molecule has 2 nitrogen and oxygen atoms in total. The molecule has 1 aromatic heterocycles. The van der Waals surface area contributed by atoms with Crippen molar-refractivity contribution >= 4 is 23.2 Å². The molecule has 0 aliphatic heterocycles. The lowest BCUT2D eigenvalue weighted by Gasteiger charge is -2.06. The Hall–Kier alpha value is -0.380. The van der Waals surface area contributed by atoms with Crippen molar-refractivity contribution in [3.8, 4) is 0 Å². The SMILES string of the molecule is NCC(F)c1cnc(Cl)cc1Cl. The topological polar surface area (TPSA) is 38.9 Å². The Morgan fingerprint density at radius 3 is 2.75 bits per heavy atom. The summed E-state index contributed by atoms with van der Waals surface area (Å²) in [5.74, 6) is 0. The predicted molar refractivity (Wildman–Crippen MR) is 47.2 cm³/mol. The molecule has 66 valence electrons. The fourth-order valence-electron chi connectivity index (χ4n) is 0.776. The van der Waals surface area contributed by atoms with Gasteiger partial charge in [0.05, 0.1) is 5.02 Å². The highest BCUT2D eigenvalue weighted by Crippen LogP contribution is 2.25. The molecule has 2 N–H and O–H groups in total. The molecule has 0 spiro atoms. The first-order chi connectivity index (χ1) is 5.65. The van der Waals surface area contributed by atoms with Crippen LogP contribution in [-0.2, 0) is 0 Å². The summed E-state index contributed by atoms with van der Waals surface area (Å²) in [6.45, 7) is -0.108. The number of halogens is 3. The second-order valence-electron chi connectivity index (χ2n) is 2.23. The van der Waals surface area contributed by atoms with Crippen LogP contribution in [0.4, 0.5) is 4.39 Å². The molecule has 1 rings (SSSR count). The Labute approximate surface area is 79.5 Å². The standard InChI is InChI=1S/C7H7Cl2FN2/c8-5-1-7(9)12-3-4(5)6(10)2-11/h1,3,6H,2,11H2. The molecule has 0 saturated carbocycles. The molecule has 0 amide bonds. The predicted octanol–water partition coefficient (Wildman–Crippen LogP) is 2.36. The molecule has 1 unspecified atom stereocenters. The van der Waals surface area contributed by atoms with Crippen LogP contribution < -0.4 is 5.73 Å². The van der Waals surface area contributed by atoms with Gasteiger partial charge in [-0.25, -0.2) is 9.37 Å². The first kappa shape index (κ1) is 9.71. The van der Waals surface area contributed by atoms with Gasteiger partial charge >= 0.3 is 0 Å². The first-order valence-corrected chi connectivity index (χ1v) is 4.06. The van der Waals surface area contributed by atoms with E-state index in [2.05, 4.69) is 4.98 Å². The van der Waals surface area contributed by atoms with Gasteiger partial charge in [0.15, 0.2) is 0 Å². The van der Waals surface area contributed by atoms with Crippen molar-refractivity contribution in [1.82, 2.24) is 4.98 Å². The number of pyridine rings is 1. The molecule has 5 heteroatoms. The number of aromatic nitrogens is 1. The smallest absolute Gasteiger partial charge is 0.140 e. The number of hydrogen-bond acceptors (Lipinski definition) is 2. The summed E-state index contributed by atoms with van der Waals surface area (Å²) in [5, 5.41) is 0.501. The van der Waals surface area contributed by atoms with Crippen LogP contribution in [0.2, 0.25) is 10.2 Å². The second kappa shape index (κ2) is 4.03. The first-order valence-electron chi connectivity index (χ1n) is 3.30. The third-order valence-corrected chi connectivity index (χ3v) is 1.93. The molecular formula is C7H7Cl2FN2. The lowest BCUT2D eigenvalue weighted by molar-refractivity contribution is 0.352. The van der Waals surface area contributed by atoms with Crippen LogP contribution in [0, 0.1) is 0 Å². The van der Waals surface area contributed by atoms with Crippen LogP contribution in [0.1, 0.15) is 11.7 Å². The van der Waals surface area contributed by atoms with E-state index >= 15 is 0 Å². The third kappa shape index (κ3) is 2.06. The van der Waals surface area contributed by atoms with Gasteiger partial charge in [0, 0.05) is 18.3 Å². The number of rotatable bonds is 2. The largest absolute Gasteiger partial charge is 0.327 e. The molecule has 1 aromatic rings. The van der Waals surface area contributed by atoms with Crippen LogP contribution in [0.15, 0.2) is 12.3 Å². The minimum Gasteiger partial charge on any atom is -0.327 e. The van der Waals surface area contributed by atoms with E-state index in [0.29, 0.717) is 0 Å². The van der Waals surface area contributed by atoms with Gasteiger partial charge in [0.2, 0.25) is 0 Å². The summed E-state index contributed by atoms with van der Waals surface area (Å²) in [7, 11) is 0. The lowest BCUT2D eigenvalue weighted by Crippen LogP contribution is -2.08. The number of nitrogens with two attached hydrogens (primary N) is 1. The molecule has 1 atom stereocenters. The summed E-state index contributed by atoms with van der Waals surface area (Å²) in [4.78, 5) is 3.69. The quantitative estimate of drug-likeness (QED) is 0.759. The zero-order chi connectivity index (χ0) is 9.14. The van der Waals surface area contributed by atoms with Crippen molar-refractivity contribution in [3.05, 3.63) is 28.0 Å². The van der Waals surface area contributed by atoms with Crippen molar-refractivity contribution in [2.24, 2.45) is 5.73 Å². The van der Waals surface area contributed by atoms with Crippen molar-refractivity contribution in [2.75, 3.05) is 6.54 Å². The summed E-state index contributed by atoms with van der Waals surface area (Å²) in [6, 6.07) is 1.39. The van der Waals surface area contributed by atoms with Crippen LogP contribution in [0.3, 0.4) is 0 Å². The van der Waals surface area contributed by atoms with Crippen molar-refractivity contribution in [1.29, 1.82) is 0 Å². The Bertz CT molecular complexity index is 280. The molecule has 0 bridgehead atoms. The highest BCUT2D eigenvalue weighted by Gasteiger charge is 2.12. The van der Waals surface area contributed by atoms with E-state index < -0.39 is 6.17 Å². The maximum atomic E-state index is 13.0. The molecule has 12 heavy (non-hydrogen) atoms. The van der Waals surface area contributed by atoms with E-state index in [1.165, 1.54) is 12.3 Å². The Morgan fingerprint density at radius 1 is 1.58 bits per heavy atom. The minimum absolute atomic E-state index is 0.108.